The molecule has 1 aliphatic carbocycles. The van der Waals surface area contributed by atoms with Gasteiger partial charge in [-0.05, 0) is 13.3 Å². The molecule has 1 saturated carbocycles. The Morgan fingerprint density at radius 2 is 1.75 bits per heavy atom. The van der Waals surface area contributed by atoms with Crippen LogP contribution in [0.2, 0.25) is 0 Å². The second-order valence-electron chi connectivity index (χ2n) is 4.05. The van der Waals surface area contributed by atoms with E-state index in [1.54, 1.807) is 6.92 Å². The number of rotatable bonds is 2. The average molecular weight is 224 g/mol. The molecule has 1 aliphatic rings. The second kappa shape index (κ2) is 4.17. The normalized spacial score (nSPS) is 25.0. The molecule has 0 saturated heterocycles. The van der Waals surface area contributed by atoms with Crippen LogP contribution in [0, 0.1) is 22.7 Å². The molecule has 1 atom stereocenters. The number of methoxy groups -OCH3 is 2. The van der Waals surface area contributed by atoms with Gasteiger partial charge in [-0.15, -0.1) is 5.92 Å². The van der Waals surface area contributed by atoms with Gasteiger partial charge in [-0.3, -0.25) is 9.59 Å². The van der Waals surface area contributed by atoms with Crippen molar-refractivity contribution in [3.63, 3.8) is 0 Å². The van der Waals surface area contributed by atoms with Crippen molar-refractivity contribution in [1.29, 1.82) is 0 Å². The van der Waals surface area contributed by atoms with E-state index in [4.69, 9.17) is 0 Å². The predicted octanol–water partition coefficient (Wildman–Crippen LogP) is 1.14. The summed E-state index contributed by atoms with van der Waals surface area (Å²) in [6.07, 6.45) is 1.06. The molecular weight excluding hydrogens is 208 g/mol. The minimum atomic E-state index is -1.22. The smallest absolute Gasteiger partial charge is 0.324 e. The van der Waals surface area contributed by atoms with Gasteiger partial charge in [-0.1, -0.05) is 12.8 Å². The lowest BCUT2D eigenvalue weighted by atomic mass is 9.94. The maximum Gasteiger partial charge on any atom is 0.324 e. The molecule has 16 heavy (non-hydrogen) atoms. The van der Waals surface area contributed by atoms with Crippen molar-refractivity contribution >= 4 is 11.9 Å². The van der Waals surface area contributed by atoms with E-state index in [1.165, 1.54) is 14.2 Å². The Kier molecular flexibility index (Phi) is 3.27. The van der Waals surface area contributed by atoms with Gasteiger partial charge in [0.25, 0.3) is 0 Å². The van der Waals surface area contributed by atoms with Crippen molar-refractivity contribution < 1.29 is 19.1 Å². The van der Waals surface area contributed by atoms with Gasteiger partial charge in [-0.25, -0.2) is 0 Å². The number of carbonyl (C=O) groups is 2. The summed E-state index contributed by atoms with van der Waals surface area (Å²) in [6, 6.07) is 0. The van der Waals surface area contributed by atoms with Crippen molar-refractivity contribution in [2.45, 2.75) is 26.7 Å². The molecule has 4 nitrogen and oxygen atoms in total. The molecule has 0 spiro atoms. The van der Waals surface area contributed by atoms with Gasteiger partial charge in [0, 0.05) is 6.42 Å². The van der Waals surface area contributed by atoms with E-state index in [-0.39, 0.29) is 0 Å². The first-order valence-electron chi connectivity index (χ1n) is 5.15. The van der Waals surface area contributed by atoms with Gasteiger partial charge in [0.2, 0.25) is 0 Å². The molecule has 0 aromatic carbocycles. The lowest BCUT2D eigenvalue weighted by Gasteiger charge is -2.14. The van der Waals surface area contributed by atoms with Crippen molar-refractivity contribution in [2.24, 2.45) is 10.8 Å². The fraction of sp³-hybridized carbons (Fsp3) is 0.667. The van der Waals surface area contributed by atoms with Gasteiger partial charge in [0.1, 0.15) is 0 Å². The molecule has 0 radical (unpaired) electrons. The van der Waals surface area contributed by atoms with Gasteiger partial charge in [-0.2, -0.15) is 0 Å². The highest BCUT2D eigenvalue weighted by Crippen LogP contribution is 2.64. The molecular formula is C12H16O4. The largest absolute Gasteiger partial charge is 0.468 e. The highest BCUT2D eigenvalue weighted by Gasteiger charge is 2.76. The Hall–Kier alpha value is -1.50. The molecule has 1 unspecified atom stereocenters. The number of ether oxygens (including phenoxy) is 2. The summed E-state index contributed by atoms with van der Waals surface area (Å²) in [5, 5.41) is 0. The van der Waals surface area contributed by atoms with Crippen LogP contribution in [0.4, 0.5) is 0 Å². The van der Waals surface area contributed by atoms with Gasteiger partial charge in [0.05, 0.1) is 19.6 Å². The van der Waals surface area contributed by atoms with Gasteiger partial charge < -0.3 is 9.47 Å². The Labute approximate surface area is 95.3 Å². The summed E-state index contributed by atoms with van der Waals surface area (Å²) >= 11 is 0. The van der Waals surface area contributed by atoms with Crippen LogP contribution in [0.3, 0.4) is 0 Å². The molecule has 0 heterocycles. The van der Waals surface area contributed by atoms with E-state index in [0.717, 1.165) is 0 Å². The Bertz CT molecular complexity index is 358. The minimum absolute atomic E-state index is 0.367. The van der Waals surface area contributed by atoms with Crippen LogP contribution in [0.15, 0.2) is 0 Å². The molecule has 0 N–H and O–H groups in total. The summed E-state index contributed by atoms with van der Waals surface area (Å²) < 4.78 is 9.34. The average Bonchev–Trinajstić information content (AvgIpc) is 2.92. The Morgan fingerprint density at radius 1 is 1.25 bits per heavy atom. The number of hydrogen-bond donors (Lipinski definition) is 0. The number of esters is 2. The third-order valence-corrected chi connectivity index (χ3v) is 3.04. The zero-order chi connectivity index (χ0) is 12.4. The Balaban J connectivity index is 3.05. The first-order chi connectivity index (χ1) is 7.48. The molecule has 0 aliphatic heterocycles. The minimum Gasteiger partial charge on any atom is -0.468 e. The van der Waals surface area contributed by atoms with Crippen molar-refractivity contribution in [3.8, 4) is 11.8 Å². The molecule has 0 bridgehead atoms. The van der Waals surface area contributed by atoms with Crippen LogP contribution in [0.25, 0.3) is 0 Å². The quantitative estimate of drug-likeness (QED) is 0.401. The molecule has 0 amide bonds. The molecule has 4 heteroatoms. The summed E-state index contributed by atoms with van der Waals surface area (Å²) in [6.45, 7) is 3.69. The monoisotopic (exact) mass is 224 g/mol. The van der Waals surface area contributed by atoms with Crippen LogP contribution in [-0.2, 0) is 19.1 Å². The zero-order valence-electron chi connectivity index (χ0n) is 10.0. The summed E-state index contributed by atoms with van der Waals surface area (Å²) in [7, 11) is 2.53. The first kappa shape index (κ1) is 12.6. The molecule has 0 aromatic heterocycles. The maximum absolute atomic E-state index is 11.7. The van der Waals surface area contributed by atoms with Crippen molar-refractivity contribution in [2.75, 3.05) is 14.2 Å². The molecule has 1 rings (SSSR count). The SMILES string of the molecule is CCC#CC1(C)CC1(C(=O)OC)C(=O)OC. The van der Waals surface area contributed by atoms with Crippen LogP contribution in [0.1, 0.15) is 26.7 Å². The van der Waals surface area contributed by atoms with Gasteiger partial charge in [0.15, 0.2) is 5.41 Å². The fourth-order valence-corrected chi connectivity index (χ4v) is 1.95. The first-order valence-corrected chi connectivity index (χ1v) is 5.15. The highest BCUT2D eigenvalue weighted by molar-refractivity contribution is 6.05. The van der Waals surface area contributed by atoms with E-state index in [2.05, 4.69) is 21.3 Å². The predicted molar refractivity (Wildman–Crippen MR) is 57.3 cm³/mol. The van der Waals surface area contributed by atoms with Gasteiger partial charge >= 0.3 is 11.9 Å². The van der Waals surface area contributed by atoms with E-state index < -0.39 is 22.8 Å². The van der Waals surface area contributed by atoms with E-state index in [0.29, 0.717) is 12.8 Å². The maximum atomic E-state index is 11.7. The summed E-state index contributed by atoms with van der Waals surface area (Å²) in [5.74, 6) is 4.72. The lowest BCUT2D eigenvalue weighted by Crippen LogP contribution is -2.33. The molecule has 88 valence electrons. The fourth-order valence-electron chi connectivity index (χ4n) is 1.95. The van der Waals surface area contributed by atoms with Crippen LogP contribution in [0.5, 0.6) is 0 Å². The van der Waals surface area contributed by atoms with Crippen LogP contribution >= 0.6 is 0 Å². The molecule has 0 aromatic rings. The second-order valence-corrected chi connectivity index (χ2v) is 4.05. The van der Waals surface area contributed by atoms with E-state index in [9.17, 15) is 9.59 Å². The number of hydrogen-bond acceptors (Lipinski definition) is 4. The highest BCUT2D eigenvalue weighted by atomic mass is 16.5. The van der Waals surface area contributed by atoms with E-state index >= 15 is 0 Å². The molecule has 1 fully saturated rings. The summed E-state index contributed by atoms with van der Waals surface area (Å²) in [5.41, 5.74) is -1.87. The zero-order valence-corrected chi connectivity index (χ0v) is 10.0. The lowest BCUT2D eigenvalue weighted by molar-refractivity contribution is -0.162. The Morgan fingerprint density at radius 3 is 2.12 bits per heavy atom. The van der Waals surface area contributed by atoms with Crippen molar-refractivity contribution in [3.05, 3.63) is 0 Å². The summed E-state index contributed by atoms with van der Waals surface area (Å²) in [4.78, 5) is 23.4. The van der Waals surface area contributed by atoms with E-state index in [1.807, 2.05) is 6.92 Å². The van der Waals surface area contributed by atoms with Crippen molar-refractivity contribution in [1.82, 2.24) is 0 Å². The van der Waals surface area contributed by atoms with Crippen LogP contribution in [-0.4, -0.2) is 26.2 Å². The van der Waals surface area contributed by atoms with Crippen LogP contribution < -0.4 is 0 Å². The topological polar surface area (TPSA) is 52.6 Å². The third-order valence-electron chi connectivity index (χ3n) is 3.04. The third kappa shape index (κ3) is 1.57. The number of carbonyl (C=O) groups excluding carboxylic acids is 2. The standard InChI is InChI=1S/C12H16O4/c1-5-6-7-11(2)8-12(11,9(13)15-3)10(14)16-4/h5,8H2,1-4H3.